The number of pyridine rings is 2. The Morgan fingerprint density at radius 2 is 1.57 bits per heavy atom. The zero-order valence-electron chi connectivity index (χ0n) is 25.6. The van der Waals surface area contributed by atoms with E-state index in [-0.39, 0.29) is 12.1 Å². The van der Waals surface area contributed by atoms with Gasteiger partial charge < -0.3 is 5.32 Å². The maximum Gasteiger partial charge on any atom is 0.0987 e. The van der Waals surface area contributed by atoms with Gasteiger partial charge in [0.2, 0.25) is 0 Å². The van der Waals surface area contributed by atoms with E-state index in [4.69, 9.17) is 15.0 Å². The summed E-state index contributed by atoms with van der Waals surface area (Å²) in [5.41, 5.74) is 12.4. The molecule has 1 N–H and O–H groups in total. The number of nitrogens with one attached hydrogen (secondary N) is 1. The number of hydrogen-bond donors (Lipinski definition) is 1. The van der Waals surface area contributed by atoms with Crippen molar-refractivity contribution in [1.29, 1.82) is 0 Å². The van der Waals surface area contributed by atoms with E-state index >= 15 is 0 Å². The Kier molecular flexibility index (Phi) is 6.59. The molecule has 4 aliphatic rings. The molecule has 2 aliphatic carbocycles. The molecule has 0 spiro atoms. The SMILES string of the molecule is C1=CCC(C2=NC3c4nc(-c5cccc(C6C=Cc7ccc(-c8ccc9ccccc9n8)cc7N6)c5)ccc4C=CC3CC2)C=C1. The van der Waals surface area contributed by atoms with E-state index in [1.165, 1.54) is 22.4 Å². The normalized spacial score (nSPS) is 22.5. The van der Waals surface area contributed by atoms with Crippen LogP contribution >= 0.6 is 0 Å². The zero-order valence-corrected chi connectivity index (χ0v) is 25.6. The first kappa shape index (κ1) is 27.0. The number of anilines is 1. The van der Waals surface area contributed by atoms with Crippen molar-refractivity contribution >= 4 is 34.5 Å². The second kappa shape index (κ2) is 11.2. The lowest BCUT2D eigenvalue weighted by atomic mass is 9.79. The molecule has 4 atom stereocenters. The Labute approximate surface area is 269 Å². The largest absolute Gasteiger partial charge is 0.374 e. The van der Waals surface area contributed by atoms with Gasteiger partial charge in [0.15, 0.2) is 0 Å². The van der Waals surface area contributed by atoms with Crippen LogP contribution in [-0.2, 0) is 0 Å². The lowest BCUT2D eigenvalue weighted by Gasteiger charge is -2.33. The molecule has 4 heteroatoms. The molecule has 3 aromatic carbocycles. The van der Waals surface area contributed by atoms with Crippen LogP contribution in [-0.4, -0.2) is 15.7 Å². The Bertz CT molecular complexity index is 2150. The molecule has 222 valence electrons. The molecule has 5 aromatic rings. The summed E-state index contributed by atoms with van der Waals surface area (Å²) in [7, 11) is 0. The van der Waals surface area contributed by atoms with E-state index in [1.54, 1.807) is 0 Å². The number of aromatic nitrogens is 2. The van der Waals surface area contributed by atoms with Gasteiger partial charge in [-0.1, -0.05) is 109 Å². The Hall–Kier alpha value is -5.35. The van der Waals surface area contributed by atoms with Crippen LogP contribution in [0.3, 0.4) is 0 Å². The minimum absolute atomic E-state index is 0.0558. The quantitative estimate of drug-likeness (QED) is 0.225. The van der Waals surface area contributed by atoms with Crippen LogP contribution in [0.2, 0.25) is 0 Å². The highest BCUT2D eigenvalue weighted by atomic mass is 14.9. The van der Waals surface area contributed by atoms with Crippen LogP contribution in [0, 0.1) is 11.8 Å². The Balaban J connectivity index is 0.998. The fourth-order valence-corrected chi connectivity index (χ4v) is 7.35. The van der Waals surface area contributed by atoms with Crippen molar-refractivity contribution in [2.24, 2.45) is 16.8 Å². The predicted molar refractivity (Wildman–Crippen MR) is 191 cm³/mol. The number of hydrogen-bond acceptors (Lipinski definition) is 4. The third-order valence-electron chi connectivity index (χ3n) is 9.88. The van der Waals surface area contributed by atoms with Gasteiger partial charge in [-0.2, -0.15) is 0 Å². The predicted octanol–water partition coefficient (Wildman–Crippen LogP) is 10.2. The van der Waals surface area contributed by atoms with Crippen molar-refractivity contribution in [3.05, 3.63) is 150 Å². The lowest BCUT2D eigenvalue weighted by Crippen LogP contribution is -2.26. The number of para-hydroxylation sites is 1. The first-order valence-corrected chi connectivity index (χ1v) is 16.4. The summed E-state index contributed by atoms with van der Waals surface area (Å²) >= 11 is 0. The minimum Gasteiger partial charge on any atom is -0.374 e. The first-order chi connectivity index (χ1) is 22.7. The molecule has 0 amide bonds. The second-order valence-corrected chi connectivity index (χ2v) is 12.8. The van der Waals surface area contributed by atoms with Crippen molar-refractivity contribution in [3.8, 4) is 22.5 Å². The monoisotopic (exact) mass is 594 g/mol. The fourth-order valence-electron chi connectivity index (χ4n) is 7.35. The molecule has 46 heavy (non-hydrogen) atoms. The van der Waals surface area contributed by atoms with Gasteiger partial charge in [0, 0.05) is 39.7 Å². The maximum atomic E-state index is 5.35. The summed E-state index contributed by atoms with van der Waals surface area (Å²) in [6, 6.07) is 32.4. The maximum absolute atomic E-state index is 5.35. The summed E-state index contributed by atoms with van der Waals surface area (Å²) in [6.45, 7) is 0. The molecule has 4 unspecified atom stereocenters. The number of benzene rings is 3. The average Bonchev–Trinajstić information content (AvgIpc) is 3.14. The second-order valence-electron chi connectivity index (χ2n) is 12.8. The van der Waals surface area contributed by atoms with Crippen molar-refractivity contribution < 1.29 is 0 Å². The van der Waals surface area contributed by atoms with E-state index in [9.17, 15) is 0 Å². The van der Waals surface area contributed by atoms with Crippen molar-refractivity contribution in [2.45, 2.75) is 31.3 Å². The molecule has 0 fully saturated rings. The number of nitrogens with zero attached hydrogens (tertiary/aromatic N) is 3. The van der Waals surface area contributed by atoms with Crippen LogP contribution < -0.4 is 5.32 Å². The third kappa shape index (κ3) is 4.91. The van der Waals surface area contributed by atoms with E-state index in [0.29, 0.717) is 11.8 Å². The van der Waals surface area contributed by atoms with Crippen molar-refractivity contribution in [1.82, 2.24) is 9.97 Å². The van der Waals surface area contributed by atoms with Gasteiger partial charge >= 0.3 is 0 Å². The highest BCUT2D eigenvalue weighted by molar-refractivity contribution is 5.90. The number of rotatable bonds is 4. The summed E-state index contributed by atoms with van der Waals surface area (Å²) in [5.74, 6) is 0.834. The Morgan fingerprint density at radius 3 is 2.52 bits per heavy atom. The number of aliphatic imine (C=N–C) groups is 1. The van der Waals surface area contributed by atoms with Gasteiger partial charge in [-0.05, 0) is 66.3 Å². The van der Waals surface area contributed by atoms with Crippen LogP contribution in [0.4, 0.5) is 5.69 Å². The third-order valence-corrected chi connectivity index (χ3v) is 9.88. The molecule has 0 saturated carbocycles. The summed E-state index contributed by atoms with van der Waals surface area (Å²) in [4.78, 5) is 15.6. The zero-order chi connectivity index (χ0) is 30.5. The minimum atomic E-state index is 0.0558. The highest BCUT2D eigenvalue weighted by Crippen LogP contribution is 2.42. The van der Waals surface area contributed by atoms with E-state index in [1.807, 2.05) is 6.07 Å². The first-order valence-electron chi connectivity index (χ1n) is 16.4. The van der Waals surface area contributed by atoms with Crippen LogP contribution in [0.5, 0.6) is 0 Å². The smallest absolute Gasteiger partial charge is 0.0987 e. The molecule has 0 radical (unpaired) electrons. The summed E-state index contributed by atoms with van der Waals surface area (Å²) in [5, 5.41) is 4.94. The highest BCUT2D eigenvalue weighted by Gasteiger charge is 2.32. The molecular formula is C42H34N4. The van der Waals surface area contributed by atoms with E-state index in [0.717, 1.165) is 64.1 Å². The fraction of sp³-hybridized carbons (Fsp3) is 0.167. The van der Waals surface area contributed by atoms with Gasteiger partial charge in [0.05, 0.1) is 34.7 Å². The van der Waals surface area contributed by atoms with Crippen LogP contribution in [0.1, 0.15) is 53.7 Å². The standard InChI is InChI=1S/C42H34N4/c1-2-7-27(8-3-1)36-23-19-30-14-15-31-20-24-39(46-42(31)41(30)45-36)33-11-6-10-32(25-33)37-22-18-29-13-16-34(26-40(29)44-37)38-21-17-28-9-4-5-12-35(28)43-38/h1-7,9-18,20-22,24-27,30,37,41,44H,8,19,23H2. The Morgan fingerprint density at radius 1 is 0.696 bits per heavy atom. The lowest BCUT2D eigenvalue weighted by molar-refractivity contribution is 0.454. The van der Waals surface area contributed by atoms with Gasteiger partial charge in [-0.15, -0.1) is 0 Å². The topological polar surface area (TPSA) is 50.2 Å². The van der Waals surface area contributed by atoms with Crippen LogP contribution in [0.15, 0.2) is 132 Å². The molecular weight excluding hydrogens is 560 g/mol. The van der Waals surface area contributed by atoms with Gasteiger partial charge in [0.25, 0.3) is 0 Å². The molecule has 2 aromatic heterocycles. The van der Waals surface area contributed by atoms with Gasteiger partial charge in [0.1, 0.15) is 0 Å². The summed E-state index contributed by atoms with van der Waals surface area (Å²) < 4.78 is 0. The van der Waals surface area contributed by atoms with Crippen LogP contribution in [0.25, 0.3) is 45.6 Å². The summed E-state index contributed by atoms with van der Waals surface area (Å²) in [6.07, 6.45) is 21.2. The molecule has 9 rings (SSSR count). The van der Waals surface area contributed by atoms with E-state index < -0.39 is 0 Å². The molecule has 2 aliphatic heterocycles. The number of allylic oxidation sites excluding steroid dienone is 4. The molecule has 0 saturated heterocycles. The van der Waals surface area contributed by atoms with Crippen molar-refractivity contribution in [2.75, 3.05) is 5.32 Å². The van der Waals surface area contributed by atoms with E-state index in [2.05, 4.69) is 139 Å². The van der Waals surface area contributed by atoms with Gasteiger partial charge in [-0.3, -0.25) is 4.99 Å². The number of fused-ring (bicyclic) bond motifs is 5. The van der Waals surface area contributed by atoms with Gasteiger partial charge in [-0.25, -0.2) is 9.97 Å². The van der Waals surface area contributed by atoms with Crippen molar-refractivity contribution in [3.63, 3.8) is 0 Å². The average molecular weight is 595 g/mol. The molecule has 0 bridgehead atoms. The molecule has 4 nitrogen and oxygen atoms in total. The molecule has 4 heterocycles.